The third-order valence-electron chi connectivity index (χ3n) is 2.90. The number of aromatic nitrogens is 2. The second-order valence-electron chi connectivity index (χ2n) is 4.44. The van der Waals surface area contributed by atoms with E-state index in [1.54, 1.807) is 12.1 Å². The fourth-order valence-corrected chi connectivity index (χ4v) is 1.85. The van der Waals surface area contributed by atoms with Gasteiger partial charge in [-0.3, -0.25) is 0 Å². The lowest BCUT2D eigenvalue weighted by molar-refractivity contribution is 1.02. The molecular formula is C15H17N5. The zero-order valence-electron chi connectivity index (χ0n) is 11.9. The summed E-state index contributed by atoms with van der Waals surface area (Å²) in [5.74, 6) is 1.45. The molecule has 0 atom stereocenters. The van der Waals surface area contributed by atoms with Crippen LogP contribution in [-0.4, -0.2) is 23.6 Å². The third kappa shape index (κ3) is 3.04. The van der Waals surface area contributed by atoms with Crippen molar-refractivity contribution in [1.29, 1.82) is 5.26 Å². The van der Waals surface area contributed by atoms with Gasteiger partial charge in [0, 0.05) is 31.0 Å². The molecule has 0 saturated heterocycles. The first-order chi connectivity index (χ1) is 9.63. The van der Waals surface area contributed by atoms with Crippen LogP contribution in [0.2, 0.25) is 0 Å². The summed E-state index contributed by atoms with van der Waals surface area (Å²) in [6.07, 6.45) is 0. The van der Waals surface area contributed by atoms with Gasteiger partial charge < -0.3 is 10.2 Å². The largest absolute Gasteiger partial charge is 0.354 e. The predicted octanol–water partition coefficient (Wildman–Crippen LogP) is 2.86. The monoisotopic (exact) mass is 267 g/mol. The van der Waals surface area contributed by atoms with E-state index >= 15 is 0 Å². The van der Waals surface area contributed by atoms with E-state index in [4.69, 9.17) is 5.26 Å². The van der Waals surface area contributed by atoms with Crippen molar-refractivity contribution in [2.24, 2.45) is 0 Å². The van der Waals surface area contributed by atoms with Gasteiger partial charge in [0.1, 0.15) is 5.82 Å². The summed E-state index contributed by atoms with van der Waals surface area (Å²) in [6.45, 7) is 4.73. The molecule has 1 heterocycles. The molecule has 0 amide bonds. The second-order valence-corrected chi connectivity index (χ2v) is 4.44. The number of nitrogens with zero attached hydrogens (tertiary/aromatic N) is 4. The molecule has 102 valence electrons. The lowest BCUT2D eigenvalue weighted by Crippen LogP contribution is -2.13. The highest BCUT2D eigenvalue weighted by Gasteiger charge is 2.08. The number of benzene rings is 1. The number of rotatable bonds is 4. The van der Waals surface area contributed by atoms with E-state index in [1.165, 1.54) is 0 Å². The van der Waals surface area contributed by atoms with Gasteiger partial charge in [0.2, 0.25) is 5.95 Å². The normalized spacial score (nSPS) is 9.90. The molecule has 5 heteroatoms. The van der Waals surface area contributed by atoms with Gasteiger partial charge in [0.15, 0.2) is 0 Å². The maximum Gasteiger partial charge on any atom is 0.224 e. The summed E-state index contributed by atoms with van der Waals surface area (Å²) in [4.78, 5) is 10.8. The molecule has 0 spiro atoms. The summed E-state index contributed by atoms with van der Waals surface area (Å²) in [6, 6.07) is 11.4. The minimum atomic E-state index is 0.628. The highest BCUT2D eigenvalue weighted by Crippen LogP contribution is 2.23. The van der Waals surface area contributed by atoms with Crippen molar-refractivity contribution in [3.05, 3.63) is 41.6 Å². The topological polar surface area (TPSA) is 64.8 Å². The van der Waals surface area contributed by atoms with Gasteiger partial charge in [-0.15, -0.1) is 0 Å². The van der Waals surface area contributed by atoms with Crippen LogP contribution in [0.3, 0.4) is 0 Å². The van der Waals surface area contributed by atoms with Crippen LogP contribution in [0.25, 0.3) is 0 Å². The Balaban J connectivity index is 2.31. The summed E-state index contributed by atoms with van der Waals surface area (Å²) < 4.78 is 0. The number of nitrogens with one attached hydrogen (secondary N) is 1. The Kier molecular flexibility index (Phi) is 4.16. The van der Waals surface area contributed by atoms with Gasteiger partial charge in [-0.25, -0.2) is 4.98 Å². The SMILES string of the molecule is CCNc1nc(C)cc(N(C)c2ccc(C#N)cc2)n1. The third-order valence-corrected chi connectivity index (χ3v) is 2.90. The average Bonchev–Trinajstić information content (AvgIpc) is 2.46. The molecule has 0 radical (unpaired) electrons. The van der Waals surface area contributed by atoms with Crippen LogP contribution >= 0.6 is 0 Å². The smallest absolute Gasteiger partial charge is 0.224 e. The van der Waals surface area contributed by atoms with E-state index < -0.39 is 0 Å². The van der Waals surface area contributed by atoms with E-state index in [9.17, 15) is 0 Å². The number of hydrogen-bond donors (Lipinski definition) is 1. The molecule has 0 saturated carbocycles. The van der Waals surface area contributed by atoms with Crippen molar-refractivity contribution >= 4 is 17.5 Å². The molecular weight excluding hydrogens is 250 g/mol. The van der Waals surface area contributed by atoms with Crippen LogP contribution in [0.4, 0.5) is 17.5 Å². The summed E-state index contributed by atoms with van der Waals surface area (Å²) in [7, 11) is 1.94. The van der Waals surface area contributed by atoms with Gasteiger partial charge in [0.25, 0.3) is 0 Å². The van der Waals surface area contributed by atoms with Crippen molar-refractivity contribution in [1.82, 2.24) is 9.97 Å². The molecule has 0 aliphatic heterocycles. The number of anilines is 3. The van der Waals surface area contributed by atoms with Crippen LogP contribution in [-0.2, 0) is 0 Å². The second kappa shape index (κ2) is 6.02. The summed E-state index contributed by atoms with van der Waals surface area (Å²) in [5.41, 5.74) is 2.53. The molecule has 0 unspecified atom stereocenters. The van der Waals surface area contributed by atoms with E-state index in [2.05, 4.69) is 21.4 Å². The molecule has 1 aromatic carbocycles. The van der Waals surface area contributed by atoms with Gasteiger partial charge in [-0.2, -0.15) is 10.2 Å². The Morgan fingerprint density at radius 3 is 2.55 bits per heavy atom. The zero-order valence-corrected chi connectivity index (χ0v) is 11.9. The molecule has 1 N–H and O–H groups in total. The number of nitriles is 1. The lowest BCUT2D eigenvalue weighted by atomic mass is 10.2. The van der Waals surface area contributed by atoms with Gasteiger partial charge >= 0.3 is 0 Å². The molecule has 2 rings (SSSR count). The highest BCUT2D eigenvalue weighted by atomic mass is 15.2. The number of hydrogen-bond acceptors (Lipinski definition) is 5. The molecule has 0 aliphatic rings. The van der Waals surface area contributed by atoms with Gasteiger partial charge in [0.05, 0.1) is 11.6 Å². The maximum atomic E-state index is 8.82. The minimum Gasteiger partial charge on any atom is -0.354 e. The zero-order chi connectivity index (χ0) is 14.5. The molecule has 5 nitrogen and oxygen atoms in total. The van der Waals surface area contributed by atoms with Crippen LogP contribution in [0.5, 0.6) is 0 Å². The van der Waals surface area contributed by atoms with E-state index in [1.807, 2.05) is 44.0 Å². The van der Waals surface area contributed by atoms with Crippen molar-refractivity contribution in [3.63, 3.8) is 0 Å². The Labute approximate surface area is 118 Å². The first kappa shape index (κ1) is 13.8. The minimum absolute atomic E-state index is 0.628. The molecule has 0 aliphatic carbocycles. The van der Waals surface area contributed by atoms with E-state index in [0.717, 1.165) is 23.7 Å². The first-order valence-corrected chi connectivity index (χ1v) is 6.47. The van der Waals surface area contributed by atoms with Gasteiger partial charge in [-0.05, 0) is 38.1 Å². The first-order valence-electron chi connectivity index (χ1n) is 6.47. The van der Waals surface area contributed by atoms with Crippen molar-refractivity contribution < 1.29 is 0 Å². The molecule has 2 aromatic rings. The Hall–Kier alpha value is -2.61. The van der Waals surface area contributed by atoms with Crippen LogP contribution in [0.15, 0.2) is 30.3 Å². The lowest BCUT2D eigenvalue weighted by Gasteiger charge is -2.19. The van der Waals surface area contributed by atoms with Crippen LogP contribution in [0, 0.1) is 18.3 Å². The molecule has 0 bridgehead atoms. The van der Waals surface area contributed by atoms with Crippen LogP contribution in [0.1, 0.15) is 18.2 Å². The fourth-order valence-electron chi connectivity index (χ4n) is 1.85. The van der Waals surface area contributed by atoms with E-state index in [-0.39, 0.29) is 0 Å². The van der Waals surface area contributed by atoms with Gasteiger partial charge in [-0.1, -0.05) is 0 Å². The Morgan fingerprint density at radius 1 is 1.25 bits per heavy atom. The quantitative estimate of drug-likeness (QED) is 0.922. The summed E-state index contributed by atoms with van der Waals surface area (Å²) in [5, 5.41) is 11.9. The standard InChI is InChI=1S/C15H17N5/c1-4-17-15-18-11(2)9-14(19-15)20(3)13-7-5-12(10-16)6-8-13/h5-9H,4H2,1-3H3,(H,17,18,19). The van der Waals surface area contributed by atoms with Crippen molar-refractivity contribution in [3.8, 4) is 6.07 Å². The van der Waals surface area contributed by atoms with E-state index in [0.29, 0.717) is 11.5 Å². The molecule has 0 fully saturated rings. The summed E-state index contributed by atoms with van der Waals surface area (Å²) >= 11 is 0. The maximum absolute atomic E-state index is 8.82. The predicted molar refractivity (Wildman–Crippen MR) is 80.2 cm³/mol. The Bertz CT molecular complexity index is 628. The highest BCUT2D eigenvalue weighted by molar-refractivity contribution is 5.61. The van der Waals surface area contributed by atoms with Crippen molar-refractivity contribution in [2.75, 3.05) is 23.8 Å². The average molecular weight is 267 g/mol. The molecule has 1 aromatic heterocycles. The van der Waals surface area contributed by atoms with Crippen molar-refractivity contribution in [2.45, 2.75) is 13.8 Å². The molecule has 20 heavy (non-hydrogen) atoms. The fraction of sp³-hybridized carbons (Fsp3) is 0.267. The Morgan fingerprint density at radius 2 is 1.95 bits per heavy atom. The van der Waals surface area contributed by atoms with Crippen LogP contribution < -0.4 is 10.2 Å². The number of aryl methyl sites for hydroxylation is 1.